The number of halogens is 3. The Bertz CT molecular complexity index is 444. The van der Waals surface area contributed by atoms with E-state index in [1.54, 1.807) is 13.8 Å². The van der Waals surface area contributed by atoms with E-state index in [0.29, 0.717) is 11.1 Å². The van der Waals surface area contributed by atoms with E-state index in [-0.39, 0.29) is 6.61 Å². The predicted octanol–water partition coefficient (Wildman–Crippen LogP) is 3.67. The molecule has 0 fully saturated rings. The third kappa shape index (κ3) is 3.91. The zero-order chi connectivity index (χ0) is 13.8. The lowest BCUT2D eigenvalue weighted by atomic mass is 10.1. The van der Waals surface area contributed by atoms with Crippen molar-refractivity contribution >= 4 is 12.0 Å². The minimum Gasteiger partial charge on any atom is -0.463 e. The Kier molecular flexibility index (Phi) is 4.53. The van der Waals surface area contributed by atoms with Gasteiger partial charge in [0.05, 0.1) is 12.2 Å². The zero-order valence-electron chi connectivity index (χ0n) is 10.0. The van der Waals surface area contributed by atoms with Crippen LogP contribution in [-0.2, 0) is 15.7 Å². The van der Waals surface area contributed by atoms with Crippen molar-refractivity contribution in [1.82, 2.24) is 0 Å². The van der Waals surface area contributed by atoms with E-state index in [2.05, 4.69) is 0 Å². The number of carbonyl (C=O) groups is 1. The number of hydrogen-bond acceptors (Lipinski definition) is 2. The number of ether oxygens (including phenoxy) is 1. The van der Waals surface area contributed by atoms with Crippen molar-refractivity contribution in [2.45, 2.75) is 20.0 Å². The first-order chi connectivity index (χ1) is 8.34. The summed E-state index contributed by atoms with van der Waals surface area (Å²) in [6, 6.07) is 4.58. The highest BCUT2D eigenvalue weighted by Crippen LogP contribution is 2.29. The molecule has 2 nitrogen and oxygen atoms in total. The third-order valence-corrected chi connectivity index (χ3v) is 2.22. The number of rotatable bonds is 3. The van der Waals surface area contributed by atoms with E-state index < -0.39 is 17.7 Å². The molecule has 0 heterocycles. The molecule has 98 valence electrons. The number of benzene rings is 1. The quantitative estimate of drug-likeness (QED) is 0.610. The second kappa shape index (κ2) is 5.71. The summed E-state index contributed by atoms with van der Waals surface area (Å²) in [7, 11) is 0. The molecule has 0 radical (unpaired) electrons. The predicted molar refractivity (Wildman–Crippen MR) is 61.7 cm³/mol. The number of esters is 1. The van der Waals surface area contributed by atoms with Crippen molar-refractivity contribution in [1.29, 1.82) is 0 Å². The molecule has 0 saturated heterocycles. The highest BCUT2D eigenvalue weighted by atomic mass is 19.4. The van der Waals surface area contributed by atoms with Crippen LogP contribution in [0.3, 0.4) is 0 Å². The van der Waals surface area contributed by atoms with Crippen molar-refractivity contribution in [3.63, 3.8) is 0 Å². The summed E-state index contributed by atoms with van der Waals surface area (Å²) in [5, 5.41) is 0. The molecule has 0 bridgehead atoms. The van der Waals surface area contributed by atoms with Crippen LogP contribution in [0.15, 0.2) is 29.8 Å². The van der Waals surface area contributed by atoms with Gasteiger partial charge in [-0.05, 0) is 37.6 Å². The fourth-order valence-corrected chi connectivity index (χ4v) is 1.32. The van der Waals surface area contributed by atoms with Gasteiger partial charge in [-0.15, -0.1) is 0 Å². The number of hydrogen-bond donors (Lipinski definition) is 0. The van der Waals surface area contributed by atoms with E-state index >= 15 is 0 Å². The van der Waals surface area contributed by atoms with Crippen LogP contribution in [-0.4, -0.2) is 12.6 Å². The van der Waals surface area contributed by atoms with Gasteiger partial charge in [-0.1, -0.05) is 12.1 Å². The van der Waals surface area contributed by atoms with Gasteiger partial charge in [-0.3, -0.25) is 0 Å². The van der Waals surface area contributed by atoms with Gasteiger partial charge in [0.2, 0.25) is 0 Å². The summed E-state index contributed by atoms with van der Waals surface area (Å²) in [5.41, 5.74) is 0.151. The Morgan fingerprint density at radius 2 is 1.83 bits per heavy atom. The van der Waals surface area contributed by atoms with E-state index in [9.17, 15) is 18.0 Å². The van der Waals surface area contributed by atoms with E-state index in [0.717, 1.165) is 12.1 Å². The molecule has 5 heteroatoms. The van der Waals surface area contributed by atoms with E-state index in [4.69, 9.17) is 4.74 Å². The van der Waals surface area contributed by atoms with Crippen LogP contribution < -0.4 is 0 Å². The molecule has 0 spiro atoms. The number of carbonyl (C=O) groups excluding carboxylic acids is 1. The van der Waals surface area contributed by atoms with Gasteiger partial charge in [-0.2, -0.15) is 13.2 Å². The second-order valence-corrected chi connectivity index (χ2v) is 3.67. The lowest BCUT2D eigenvalue weighted by Crippen LogP contribution is -2.05. The lowest BCUT2D eigenvalue weighted by molar-refractivity contribution is -0.138. The molecular formula is C13H13F3O2. The maximum absolute atomic E-state index is 12.3. The first-order valence-corrected chi connectivity index (χ1v) is 5.37. The van der Waals surface area contributed by atoms with E-state index in [1.807, 2.05) is 0 Å². The van der Waals surface area contributed by atoms with Gasteiger partial charge in [-0.25, -0.2) is 4.79 Å². The maximum Gasteiger partial charge on any atom is 0.416 e. The van der Waals surface area contributed by atoms with Crippen LogP contribution in [0.5, 0.6) is 0 Å². The van der Waals surface area contributed by atoms with Crippen molar-refractivity contribution in [3.05, 3.63) is 41.0 Å². The van der Waals surface area contributed by atoms with Crippen LogP contribution in [0.25, 0.3) is 6.08 Å². The number of alkyl halides is 3. The highest BCUT2D eigenvalue weighted by Gasteiger charge is 2.29. The summed E-state index contributed by atoms with van der Waals surface area (Å²) in [5.74, 6) is -0.475. The van der Waals surface area contributed by atoms with Crippen LogP contribution in [0.2, 0.25) is 0 Å². The topological polar surface area (TPSA) is 26.3 Å². The van der Waals surface area contributed by atoms with Gasteiger partial charge in [0.15, 0.2) is 0 Å². The molecule has 0 saturated carbocycles. The molecule has 1 rings (SSSR count). The molecule has 1 aromatic rings. The smallest absolute Gasteiger partial charge is 0.416 e. The Hall–Kier alpha value is -1.78. The maximum atomic E-state index is 12.3. The molecule has 0 N–H and O–H groups in total. The molecule has 1 aromatic carbocycles. The second-order valence-electron chi connectivity index (χ2n) is 3.67. The SMILES string of the molecule is CCOC(=O)C(C)=Cc1ccc(C(F)(F)F)cc1. The van der Waals surface area contributed by atoms with Gasteiger partial charge in [0.25, 0.3) is 0 Å². The van der Waals surface area contributed by atoms with Crippen molar-refractivity contribution in [2.75, 3.05) is 6.61 Å². The monoisotopic (exact) mass is 258 g/mol. The fourth-order valence-electron chi connectivity index (χ4n) is 1.32. The molecule has 0 aliphatic carbocycles. The molecule has 0 aromatic heterocycles. The molecule has 0 aliphatic heterocycles. The average molecular weight is 258 g/mol. The van der Waals surface area contributed by atoms with Crippen molar-refractivity contribution < 1.29 is 22.7 Å². The molecule has 0 atom stereocenters. The highest BCUT2D eigenvalue weighted by molar-refractivity contribution is 5.92. The summed E-state index contributed by atoms with van der Waals surface area (Å²) >= 11 is 0. The molecular weight excluding hydrogens is 245 g/mol. The van der Waals surface area contributed by atoms with Crippen LogP contribution in [0, 0.1) is 0 Å². The fraction of sp³-hybridized carbons (Fsp3) is 0.308. The van der Waals surface area contributed by atoms with E-state index in [1.165, 1.54) is 18.2 Å². The van der Waals surface area contributed by atoms with Crippen LogP contribution >= 0.6 is 0 Å². The normalized spacial score (nSPS) is 12.4. The van der Waals surface area contributed by atoms with Gasteiger partial charge >= 0.3 is 12.1 Å². The largest absolute Gasteiger partial charge is 0.463 e. The van der Waals surface area contributed by atoms with Crippen molar-refractivity contribution in [3.8, 4) is 0 Å². The van der Waals surface area contributed by atoms with Crippen LogP contribution in [0.1, 0.15) is 25.0 Å². The lowest BCUT2D eigenvalue weighted by Gasteiger charge is -2.06. The summed E-state index contributed by atoms with van der Waals surface area (Å²) in [6.07, 6.45) is -2.86. The van der Waals surface area contributed by atoms with Crippen molar-refractivity contribution in [2.24, 2.45) is 0 Å². The first kappa shape index (κ1) is 14.3. The molecule has 0 unspecified atom stereocenters. The molecule has 0 amide bonds. The molecule has 0 aliphatic rings. The van der Waals surface area contributed by atoms with Crippen LogP contribution in [0.4, 0.5) is 13.2 Å². The summed E-state index contributed by atoms with van der Waals surface area (Å²) in [4.78, 5) is 11.3. The van der Waals surface area contributed by atoms with Gasteiger partial charge in [0, 0.05) is 5.57 Å². The minimum atomic E-state index is -4.35. The standard InChI is InChI=1S/C13H13F3O2/c1-3-18-12(17)9(2)8-10-4-6-11(7-5-10)13(14,15)16/h4-8H,3H2,1-2H3. The minimum absolute atomic E-state index is 0.261. The Balaban J connectivity index is 2.87. The summed E-state index contributed by atoms with van der Waals surface area (Å²) < 4.78 is 41.7. The Labute approximate surface area is 103 Å². The third-order valence-electron chi connectivity index (χ3n) is 2.22. The molecule has 18 heavy (non-hydrogen) atoms. The zero-order valence-corrected chi connectivity index (χ0v) is 10.0. The summed E-state index contributed by atoms with van der Waals surface area (Å²) in [6.45, 7) is 3.50. The van der Waals surface area contributed by atoms with Gasteiger partial charge in [0.1, 0.15) is 0 Å². The van der Waals surface area contributed by atoms with Gasteiger partial charge < -0.3 is 4.74 Å². The Morgan fingerprint density at radius 3 is 2.28 bits per heavy atom. The first-order valence-electron chi connectivity index (χ1n) is 5.37. The Morgan fingerprint density at radius 1 is 1.28 bits per heavy atom. The average Bonchev–Trinajstić information content (AvgIpc) is 2.28.